The van der Waals surface area contributed by atoms with Gasteiger partial charge in [0.1, 0.15) is 11.9 Å². The Morgan fingerprint density at radius 2 is 2.07 bits per heavy atom. The van der Waals surface area contributed by atoms with E-state index < -0.39 is 0 Å². The molecule has 142 valence electrons. The summed E-state index contributed by atoms with van der Waals surface area (Å²) in [6.07, 6.45) is 3.94. The fourth-order valence-electron chi connectivity index (χ4n) is 3.64. The van der Waals surface area contributed by atoms with Gasteiger partial charge in [-0.25, -0.2) is 4.98 Å². The number of nitrogens with zero attached hydrogens (tertiary/aromatic N) is 6. The van der Waals surface area contributed by atoms with Crippen LogP contribution in [0.1, 0.15) is 22.7 Å². The number of nitrogens with one attached hydrogen (secondary N) is 1. The molecule has 0 fully saturated rings. The summed E-state index contributed by atoms with van der Waals surface area (Å²) in [5, 5.41) is 17.5. The minimum Gasteiger partial charge on any atom is -0.369 e. The number of fused-ring (bicyclic) bond motifs is 3. The van der Waals surface area contributed by atoms with Gasteiger partial charge in [-0.1, -0.05) is 12.1 Å². The van der Waals surface area contributed by atoms with E-state index in [-0.39, 0.29) is 6.04 Å². The second-order valence-electron chi connectivity index (χ2n) is 7.27. The lowest BCUT2D eigenvalue weighted by Crippen LogP contribution is -2.27. The zero-order chi connectivity index (χ0) is 19.8. The number of hydrogen-bond donors (Lipinski definition) is 1. The topological polar surface area (TPSA) is 74.2 Å². The van der Waals surface area contributed by atoms with Crippen molar-refractivity contribution in [3.63, 3.8) is 0 Å². The first kappa shape index (κ1) is 18.0. The van der Waals surface area contributed by atoms with E-state index in [1.165, 1.54) is 0 Å². The molecule has 0 aliphatic rings. The third-order valence-corrected chi connectivity index (χ3v) is 5.09. The Morgan fingerprint density at radius 1 is 1.29 bits per heavy atom. The number of likely N-dealkylation sites (N-methyl/N-ethyl adjacent to an activating group) is 1. The van der Waals surface area contributed by atoms with Gasteiger partial charge in [-0.15, -0.1) is 0 Å². The lowest BCUT2D eigenvalue weighted by molar-refractivity contribution is 0.311. The van der Waals surface area contributed by atoms with Gasteiger partial charge >= 0.3 is 0 Å². The van der Waals surface area contributed by atoms with Crippen LogP contribution >= 0.6 is 0 Å². The van der Waals surface area contributed by atoms with Gasteiger partial charge in [0, 0.05) is 25.4 Å². The average Bonchev–Trinajstić information content (AvgIpc) is 3.25. The summed E-state index contributed by atoms with van der Waals surface area (Å²) in [5.74, 6) is 0.927. The van der Waals surface area contributed by atoms with E-state index in [2.05, 4.69) is 35.5 Å². The molecular formula is C21H23N7. The molecule has 0 amide bonds. The van der Waals surface area contributed by atoms with Crippen LogP contribution in [-0.2, 0) is 7.05 Å². The van der Waals surface area contributed by atoms with Gasteiger partial charge in [-0.05, 0) is 44.8 Å². The summed E-state index contributed by atoms with van der Waals surface area (Å²) in [7, 11) is 6.05. The number of anilines is 1. The van der Waals surface area contributed by atoms with Crippen molar-refractivity contribution in [2.24, 2.45) is 7.05 Å². The van der Waals surface area contributed by atoms with E-state index in [4.69, 9.17) is 4.98 Å². The Morgan fingerprint density at radius 3 is 2.75 bits per heavy atom. The smallest absolute Gasteiger partial charge is 0.157 e. The van der Waals surface area contributed by atoms with Crippen LogP contribution in [0.3, 0.4) is 0 Å². The van der Waals surface area contributed by atoms with Crippen molar-refractivity contribution in [1.29, 1.82) is 5.26 Å². The predicted octanol–water partition coefficient (Wildman–Crippen LogP) is 3.12. The number of rotatable bonds is 5. The molecule has 1 N–H and O–H groups in total. The number of benzene rings is 1. The van der Waals surface area contributed by atoms with Crippen LogP contribution in [0.25, 0.3) is 16.7 Å². The van der Waals surface area contributed by atoms with Crippen LogP contribution in [0, 0.1) is 18.3 Å². The summed E-state index contributed by atoms with van der Waals surface area (Å²) >= 11 is 0. The highest BCUT2D eigenvalue weighted by molar-refractivity contribution is 5.85. The van der Waals surface area contributed by atoms with Gasteiger partial charge in [0.15, 0.2) is 5.65 Å². The van der Waals surface area contributed by atoms with Crippen LogP contribution in [0.2, 0.25) is 0 Å². The van der Waals surface area contributed by atoms with E-state index >= 15 is 0 Å². The maximum atomic E-state index is 9.63. The molecule has 3 aromatic heterocycles. The molecule has 0 bridgehead atoms. The molecule has 0 spiro atoms. The Bertz CT molecular complexity index is 1190. The van der Waals surface area contributed by atoms with Crippen molar-refractivity contribution >= 4 is 22.5 Å². The first-order chi connectivity index (χ1) is 13.5. The SMILES string of the molecule is Cc1cc(NCC(c2cnn(C)c2)N(C)C)n2c(nc3ccccc32)c1C#N. The van der Waals surface area contributed by atoms with Gasteiger partial charge in [-0.2, -0.15) is 10.4 Å². The highest BCUT2D eigenvalue weighted by Gasteiger charge is 2.19. The third-order valence-electron chi connectivity index (χ3n) is 5.09. The maximum absolute atomic E-state index is 9.63. The third kappa shape index (κ3) is 2.98. The Kier molecular flexibility index (Phi) is 4.49. The van der Waals surface area contributed by atoms with Crippen LogP contribution in [-0.4, -0.2) is 44.7 Å². The molecule has 28 heavy (non-hydrogen) atoms. The number of aryl methyl sites for hydroxylation is 2. The number of imidazole rings is 1. The largest absolute Gasteiger partial charge is 0.369 e. The fourth-order valence-corrected chi connectivity index (χ4v) is 3.64. The predicted molar refractivity (Wildman–Crippen MR) is 110 cm³/mol. The highest BCUT2D eigenvalue weighted by Crippen LogP contribution is 2.27. The first-order valence-electron chi connectivity index (χ1n) is 9.19. The second kappa shape index (κ2) is 6.98. The molecule has 0 aliphatic heterocycles. The van der Waals surface area contributed by atoms with E-state index in [1.54, 1.807) is 0 Å². The summed E-state index contributed by atoms with van der Waals surface area (Å²) in [6.45, 7) is 2.65. The van der Waals surface area contributed by atoms with Crippen molar-refractivity contribution in [3.8, 4) is 6.07 Å². The highest BCUT2D eigenvalue weighted by atomic mass is 15.2. The van der Waals surface area contributed by atoms with Crippen LogP contribution < -0.4 is 5.32 Å². The Labute approximate surface area is 163 Å². The summed E-state index contributed by atoms with van der Waals surface area (Å²) in [6, 6.07) is 12.4. The van der Waals surface area contributed by atoms with E-state index in [0.29, 0.717) is 17.8 Å². The molecule has 7 heteroatoms. The van der Waals surface area contributed by atoms with Crippen molar-refractivity contribution in [1.82, 2.24) is 24.1 Å². The summed E-state index contributed by atoms with van der Waals surface area (Å²) in [4.78, 5) is 6.88. The van der Waals surface area contributed by atoms with E-state index in [1.807, 2.05) is 65.8 Å². The van der Waals surface area contributed by atoms with Gasteiger partial charge in [-0.3, -0.25) is 9.08 Å². The molecule has 3 heterocycles. The van der Waals surface area contributed by atoms with E-state index in [0.717, 1.165) is 28.0 Å². The van der Waals surface area contributed by atoms with Crippen LogP contribution in [0.5, 0.6) is 0 Å². The molecule has 1 aromatic carbocycles. The summed E-state index contributed by atoms with van der Waals surface area (Å²) < 4.78 is 3.86. The van der Waals surface area contributed by atoms with Crippen LogP contribution in [0.4, 0.5) is 5.82 Å². The number of hydrogen-bond acceptors (Lipinski definition) is 5. The lowest BCUT2D eigenvalue weighted by Gasteiger charge is -2.24. The minimum atomic E-state index is 0.162. The molecule has 1 atom stereocenters. The zero-order valence-electron chi connectivity index (χ0n) is 16.5. The van der Waals surface area contributed by atoms with Gasteiger partial charge in [0.25, 0.3) is 0 Å². The summed E-state index contributed by atoms with van der Waals surface area (Å²) in [5.41, 5.74) is 5.23. The zero-order valence-corrected chi connectivity index (χ0v) is 16.5. The minimum absolute atomic E-state index is 0.162. The second-order valence-corrected chi connectivity index (χ2v) is 7.27. The molecule has 0 radical (unpaired) electrons. The average molecular weight is 373 g/mol. The molecule has 7 nitrogen and oxygen atoms in total. The number of pyridine rings is 1. The van der Waals surface area contributed by atoms with Crippen molar-refractivity contribution in [2.45, 2.75) is 13.0 Å². The van der Waals surface area contributed by atoms with E-state index in [9.17, 15) is 5.26 Å². The number of nitriles is 1. The molecule has 1 unspecified atom stereocenters. The van der Waals surface area contributed by atoms with Gasteiger partial charge in [0.2, 0.25) is 0 Å². The molecular weight excluding hydrogens is 350 g/mol. The number of para-hydroxylation sites is 2. The van der Waals surface area contributed by atoms with Gasteiger partial charge in [0.05, 0.1) is 28.8 Å². The molecule has 4 rings (SSSR count). The first-order valence-corrected chi connectivity index (χ1v) is 9.19. The van der Waals surface area contributed by atoms with Crippen LogP contribution in [0.15, 0.2) is 42.7 Å². The monoisotopic (exact) mass is 373 g/mol. The quantitative estimate of drug-likeness (QED) is 0.582. The Hall–Kier alpha value is -3.37. The molecule has 0 saturated heterocycles. The Balaban J connectivity index is 1.79. The van der Waals surface area contributed by atoms with Crippen molar-refractivity contribution in [3.05, 3.63) is 59.4 Å². The molecule has 0 aliphatic carbocycles. The molecule has 0 saturated carbocycles. The maximum Gasteiger partial charge on any atom is 0.157 e. The lowest BCUT2D eigenvalue weighted by atomic mass is 10.1. The van der Waals surface area contributed by atoms with Crippen molar-refractivity contribution in [2.75, 3.05) is 26.0 Å². The molecule has 4 aromatic rings. The standard InChI is InChI=1S/C21H23N7/c1-14-9-20(23-12-19(26(2)3)15-11-24-27(4)13-15)28-18-8-6-5-7-17(18)25-21(28)16(14)10-22/h5-9,11,13,19,23H,12H2,1-4H3. The fraction of sp³-hybridized carbons (Fsp3) is 0.286. The van der Waals surface area contributed by atoms with Crippen molar-refractivity contribution < 1.29 is 0 Å². The van der Waals surface area contributed by atoms with Gasteiger partial charge < -0.3 is 10.2 Å². The normalized spacial score (nSPS) is 12.6. The number of aromatic nitrogens is 4.